The van der Waals surface area contributed by atoms with Crippen molar-refractivity contribution in [2.24, 2.45) is 5.73 Å². The van der Waals surface area contributed by atoms with E-state index in [1.807, 2.05) is 0 Å². The van der Waals surface area contributed by atoms with Gasteiger partial charge in [-0.05, 0) is 0 Å². The van der Waals surface area contributed by atoms with Gasteiger partial charge in [-0.3, -0.25) is 5.41 Å². The van der Waals surface area contributed by atoms with E-state index in [-0.39, 0.29) is 12.4 Å². The minimum absolute atomic E-state index is 0.0162. The summed E-state index contributed by atoms with van der Waals surface area (Å²) in [5, 5.41) is 16.4. The summed E-state index contributed by atoms with van der Waals surface area (Å²) in [7, 11) is 1.60. The molecule has 0 radical (unpaired) electrons. The maximum absolute atomic E-state index is 9.01. The number of anilines is 1. The highest BCUT2D eigenvalue weighted by Crippen LogP contribution is 2.13. The summed E-state index contributed by atoms with van der Waals surface area (Å²) >= 11 is 0. The number of nitrogen functional groups attached to an aromatic ring is 1. The van der Waals surface area contributed by atoms with Crippen LogP contribution < -0.4 is 10.6 Å². The molecular weight excluding hydrogens is 222 g/mol. The lowest BCUT2D eigenvalue weighted by molar-refractivity contribution is 0.202. The molecule has 0 aliphatic carbocycles. The highest BCUT2D eigenvalue weighted by atomic mass is 16.5. The fourth-order valence-corrected chi connectivity index (χ4v) is 1.40. The number of aliphatic hydroxyl groups excluding tert-OH is 1. The molecule has 1 aromatic rings. The molecule has 7 nitrogen and oxygen atoms in total. The third kappa shape index (κ3) is 3.65. The maximum atomic E-state index is 9.01. The lowest BCUT2D eigenvalue weighted by Crippen LogP contribution is -2.33. The molecule has 94 valence electrons. The van der Waals surface area contributed by atoms with Crippen LogP contribution in [-0.2, 0) is 4.74 Å². The number of hydrogen-bond donors (Lipinski definition) is 3. The molecule has 0 aliphatic rings. The van der Waals surface area contributed by atoms with E-state index in [1.165, 1.54) is 12.4 Å². The zero-order valence-corrected chi connectivity index (χ0v) is 9.76. The molecule has 0 amide bonds. The Labute approximate surface area is 99.8 Å². The standard InChI is InChI=1S/C10H17N5O2/c1-17-7-5-15(4-6-16)10-8(9(11)12)13-2-3-14-10/h2-3,16H,4-7H2,1H3,(H3,11,12). The van der Waals surface area contributed by atoms with Gasteiger partial charge in [-0.15, -0.1) is 0 Å². The van der Waals surface area contributed by atoms with E-state index in [2.05, 4.69) is 9.97 Å². The molecule has 0 aliphatic heterocycles. The van der Waals surface area contributed by atoms with E-state index in [0.29, 0.717) is 31.2 Å². The first-order chi connectivity index (χ1) is 8.20. The van der Waals surface area contributed by atoms with Gasteiger partial charge in [0.15, 0.2) is 5.82 Å². The van der Waals surface area contributed by atoms with Gasteiger partial charge in [0.05, 0.1) is 13.2 Å². The van der Waals surface area contributed by atoms with Gasteiger partial charge < -0.3 is 20.5 Å². The van der Waals surface area contributed by atoms with Crippen LogP contribution in [0.25, 0.3) is 0 Å². The Hall–Kier alpha value is -1.73. The van der Waals surface area contributed by atoms with Gasteiger partial charge in [0.1, 0.15) is 11.5 Å². The average Bonchev–Trinajstić information content (AvgIpc) is 2.34. The van der Waals surface area contributed by atoms with E-state index >= 15 is 0 Å². The minimum atomic E-state index is -0.145. The van der Waals surface area contributed by atoms with Crippen molar-refractivity contribution >= 4 is 11.7 Å². The number of nitrogens with two attached hydrogens (primary N) is 1. The van der Waals surface area contributed by atoms with Crippen LogP contribution in [0.2, 0.25) is 0 Å². The molecule has 0 unspecified atom stereocenters. The Morgan fingerprint density at radius 1 is 1.47 bits per heavy atom. The predicted octanol–water partition coefficient (Wildman–Crippen LogP) is -0.794. The number of amidine groups is 1. The van der Waals surface area contributed by atoms with Crippen LogP contribution in [-0.4, -0.2) is 54.3 Å². The Balaban J connectivity index is 2.95. The Morgan fingerprint density at radius 3 is 2.76 bits per heavy atom. The predicted molar refractivity (Wildman–Crippen MR) is 64.2 cm³/mol. The van der Waals surface area contributed by atoms with Gasteiger partial charge in [0, 0.05) is 32.6 Å². The molecular formula is C10H17N5O2. The minimum Gasteiger partial charge on any atom is -0.395 e. The molecule has 0 atom stereocenters. The number of aromatic nitrogens is 2. The van der Waals surface area contributed by atoms with Gasteiger partial charge in [0.2, 0.25) is 0 Å². The van der Waals surface area contributed by atoms with E-state index in [4.69, 9.17) is 21.0 Å². The van der Waals surface area contributed by atoms with Crippen molar-refractivity contribution in [3.8, 4) is 0 Å². The maximum Gasteiger partial charge on any atom is 0.158 e. The van der Waals surface area contributed by atoms with Crippen LogP contribution >= 0.6 is 0 Å². The van der Waals surface area contributed by atoms with Gasteiger partial charge in [-0.1, -0.05) is 0 Å². The van der Waals surface area contributed by atoms with Gasteiger partial charge in [-0.2, -0.15) is 0 Å². The van der Waals surface area contributed by atoms with Crippen molar-refractivity contribution in [3.63, 3.8) is 0 Å². The van der Waals surface area contributed by atoms with Crippen LogP contribution in [0.15, 0.2) is 12.4 Å². The number of hydrogen-bond acceptors (Lipinski definition) is 6. The molecule has 7 heteroatoms. The molecule has 0 aromatic carbocycles. The molecule has 1 aromatic heterocycles. The molecule has 4 N–H and O–H groups in total. The second-order valence-corrected chi connectivity index (χ2v) is 3.35. The van der Waals surface area contributed by atoms with Gasteiger partial charge >= 0.3 is 0 Å². The van der Waals surface area contributed by atoms with Crippen molar-refractivity contribution in [3.05, 3.63) is 18.1 Å². The molecule has 0 saturated carbocycles. The third-order valence-electron chi connectivity index (χ3n) is 2.17. The number of nitrogens with zero attached hydrogens (tertiary/aromatic N) is 3. The summed E-state index contributed by atoms with van der Waals surface area (Å²) in [6.45, 7) is 1.42. The van der Waals surface area contributed by atoms with E-state index in [9.17, 15) is 0 Å². The molecule has 1 heterocycles. The first-order valence-electron chi connectivity index (χ1n) is 5.20. The van der Waals surface area contributed by atoms with Crippen molar-refractivity contribution in [1.29, 1.82) is 5.41 Å². The summed E-state index contributed by atoms with van der Waals surface area (Å²) in [6.07, 6.45) is 3.01. The second-order valence-electron chi connectivity index (χ2n) is 3.35. The molecule has 17 heavy (non-hydrogen) atoms. The van der Waals surface area contributed by atoms with Gasteiger partial charge in [0.25, 0.3) is 0 Å². The molecule has 0 spiro atoms. The second kappa shape index (κ2) is 6.77. The number of ether oxygens (including phenoxy) is 1. The zero-order valence-electron chi connectivity index (χ0n) is 9.76. The lowest BCUT2D eigenvalue weighted by atomic mass is 10.3. The highest BCUT2D eigenvalue weighted by molar-refractivity contribution is 5.97. The first-order valence-corrected chi connectivity index (χ1v) is 5.20. The van der Waals surface area contributed by atoms with Crippen molar-refractivity contribution < 1.29 is 9.84 Å². The quantitative estimate of drug-likeness (QED) is 0.425. The summed E-state index contributed by atoms with van der Waals surface area (Å²) in [4.78, 5) is 9.95. The van der Waals surface area contributed by atoms with Crippen LogP contribution in [0.1, 0.15) is 5.69 Å². The smallest absolute Gasteiger partial charge is 0.158 e. The summed E-state index contributed by atoms with van der Waals surface area (Å²) in [6, 6.07) is 0. The van der Waals surface area contributed by atoms with Crippen LogP contribution in [0.5, 0.6) is 0 Å². The fraction of sp³-hybridized carbons (Fsp3) is 0.500. The lowest BCUT2D eigenvalue weighted by Gasteiger charge is -2.23. The summed E-state index contributed by atoms with van der Waals surface area (Å²) in [5.74, 6) is 0.347. The zero-order chi connectivity index (χ0) is 12.7. The number of methoxy groups -OCH3 is 1. The largest absolute Gasteiger partial charge is 0.395 e. The third-order valence-corrected chi connectivity index (χ3v) is 2.17. The molecule has 1 rings (SSSR count). The Morgan fingerprint density at radius 2 is 2.18 bits per heavy atom. The van der Waals surface area contributed by atoms with E-state index in [1.54, 1.807) is 12.0 Å². The number of aliphatic hydroxyl groups is 1. The van der Waals surface area contributed by atoms with E-state index in [0.717, 1.165) is 0 Å². The first kappa shape index (κ1) is 13.3. The monoisotopic (exact) mass is 239 g/mol. The SMILES string of the molecule is COCCN(CCO)c1nccnc1C(=N)N. The Bertz CT molecular complexity index is 371. The van der Waals surface area contributed by atoms with Crippen LogP contribution in [0.4, 0.5) is 5.82 Å². The molecule has 0 saturated heterocycles. The van der Waals surface area contributed by atoms with Gasteiger partial charge in [-0.25, -0.2) is 9.97 Å². The van der Waals surface area contributed by atoms with Crippen molar-refractivity contribution in [2.45, 2.75) is 0 Å². The summed E-state index contributed by atoms with van der Waals surface area (Å²) in [5.41, 5.74) is 5.75. The van der Waals surface area contributed by atoms with E-state index < -0.39 is 0 Å². The molecule has 0 bridgehead atoms. The topological polar surface area (TPSA) is 108 Å². The summed E-state index contributed by atoms with van der Waals surface area (Å²) < 4.78 is 4.98. The van der Waals surface area contributed by atoms with Crippen LogP contribution in [0, 0.1) is 5.41 Å². The molecule has 0 fully saturated rings. The van der Waals surface area contributed by atoms with Crippen molar-refractivity contribution in [1.82, 2.24) is 9.97 Å². The highest BCUT2D eigenvalue weighted by Gasteiger charge is 2.14. The van der Waals surface area contributed by atoms with Crippen molar-refractivity contribution in [2.75, 3.05) is 38.3 Å². The Kier molecular flexibility index (Phi) is 5.31. The number of rotatable bonds is 7. The number of nitrogens with one attached hydrogen (secondary N) is 1. The average molecular weight is 239 g/mol. The van der Waals surface area contributed by atoms with Crippen LogP contribution in [0.3, 0.4) is 0 Å². The normalized spacial score (nSPS) is 10.2. The fourth-order valence-electron chi connectivity index (χ4n) is 1.40.